The molecule has 0 saturated heterocycles. The van der Waals surface area contributed by atoms with Crippen LogP contribution in [0.4, 0.5) is 0 Å². The predicted octanol–water partition coefficient (Wildman–Crippen LogP) is 3.80. The molecule has 2 aliphatic rings. The number of nitrogens with one attached hydrogen (secondary N) is 1. The van der Waals surface area contributed by atoms with E-state index < -0.39 is 0 Å². The highest BCUT2D eigenvalue weighted by Crippen LogP contribution is 2.38. The maximum absolute atomic E-state index is 12.6. The van der Waals surface area contributed by atoms with Crippen molar-refractivity contribution in [2.75, 3.05) is 6.54 Å². The molecular weight excluding hydrogens is 376 g/mol. The van der Waals surface area contributed by atoms with E-state index in [1.165, 1.54) is 0 Å². The van der Waals surface area contributed by atoms with Gasteiger partial charge in [-0.2, -0.15) is 0 Å². The Morgan fingerprint density at radius 3 is 2.91 bits per heavy atom. The summed E-state index contributed by atoms with van der Waals surface area (Å²) >= 11 is 8.89. The molecule has 0 amide bonds. The third-order valence-electron chi connectivity index (χ3n) is 4.31. The average molecular weight is 395 g/mol. The monoisotopic (exact) mass is 394 g/mol. The second-order valence-corrected chi connectivity index (χ2v) is 7.12. The zero-order valence-corrected chi connectivity index (χ0v) is 15.3. The van der Waals surface area contributed by atoms with Crippen molar-refractivity contribution in [2.24, 2.45) is 0 Å². The highest BCUT2D eigenvalue weighted by molar-refractivity contribution is 9.10. The summed E-state index contributed by atoms with van der Waals surface area (Å²) in [7, 11) is 0. The second kappa shape index (κ2) is 6.61. The number of hydrogen-bond acceptors (Lipinski definition) is 3. The Balaban J connectivity index is 2.09. The Morgan fingerprint density at radius 2 is 2.22 bits per heavy atom. The van der Waals surface area contributed by atoms with Crippen molar-refractivity contribution in [2.45, 2.75) is 38.6 Å². The third kappa shape index (κ3) is 3.02. The molecule has 6 heteroatoms. The van der Waals surface area contributed by atoms with Crippen LogP contribution < -0.4 is 5.32 Å². The first-order valence-electron chi connectivity index (χ1n) is 7.85. The van der Waals surface area contributed by atoms with Crippen LogP contribution in [0.2, 0.25) is 0 Å². The number of benzene rings is 1. The molecule has 3 rings (SSSR count). The summed E-state index contributed by atoms with van der Waals surface area (Å²) in [5.74, 6) is 0.375. The van der Waals surface area contributed by atoms with E-state index in [4.69, 9.17) is 12.2 Å². The number of thiocarbonyl (C=S) groups is 1. The van der Waals surface area contributed by atoms with Crippen LogP contribution in [-0.2, 0) is 4.79 Å². The van der Waals surface area contributed by atoms with Crippen molar-refractivity contribution < 1.29 is 9.90 Å². The first kappa shape index (κ1) is 16.5. The lowest BCUT2D eigenvalue weighted by atomic mass is 9.85. The molecule has 122 valence electrons. The minimum Gasteiger partial charge on any atom is -0.507 e. The van der Waals surface area contributed by atoms with E-state index in [1.54, 1.807) is 6.07 Å². The number of phenolic OH excluding ortho intramolecular Hbond substituents is 1. The minimum absolute atomic E-state index is 0.184. The molecule has 1 atom stereocenters. The summed E-state index contributed by atoms with van der Waals surface area (Å²) in [5, 5.41) is 13.7. The zero-order chi connectivity index (χ0) is 16.6. The van der Waals surface area contributed by atoms with Gasteiger partial charge >= 0.3 is 0 Å². The Bertz CT molecular complexity index is 702. The number of rotatable bonds is 3. The standard InChI is InChI=1S/C17H19BrN2O2S/c1-2-8-20-12-4-3-5-14(22)15(12)16(19-17(20)23)10-6-7-13(21)11(18)9-10/h6-7,9,16,21H,2-5,8H2,1H3,(H,19,23). The number of hydrogen-bond donors (Lipinski definition) is 2. The van der Waals surface area contributed by atoms with E-state index in [0.717, 1.165) is 42.6 Å². The van der Waals surface area contributed by atoms with Crippen LogP contribution >= 0.6 is 28.1 Å². The molecule has 1 aromatic rings. The number of Topliss-reactive ketones (excluding diaryl/α,β-unsaturated/α-hetero) is 1. The number of halogens is 1. The van der Waals surface area contributed by atoms with Gasteiger partial charge in [0, 0.05) is 24.2 Å². The number of phenols is 1. The third-order valence-corrected chi connectivity index (χ3v) is 5.28. The van der Waals surface area contributed by atoms with Gasteiger partial charge in [0.2, 0.25) is 0 Å². The van der Waals surface area contributed by atoms with Gasteiger partial charge in [-0.1, -0.05) is 13.0 Å². The van der Waals surface area contributed by atoms with E-state index >= 15 is 0 Å². The van der Waals surface area contributed by atoms with Gasteiger partial charge in [0.1, 0.15) is 5.75 Å². The van der Waals surface area contributed by atoms with Gasteiger partial charge in [0.15, 0.2) is 10.9 Å². The summed E-state index contributed by atoms with van der Waals surface area (Å²) in [4.78, 5) is 14.7. The fourth-order valence-electron chi connectivity index (χ4n) is 3.26. The van der Waals surface area contributed by atoms with Gasteiger partial charge in [0.25, 0.3) is 0 Å². The number of ketones is 1. The van der Waals surface area contributed by atoms with Crippen LogP contribution in [0.15, 0.2) is 33.9 Å². The topological polar surface area (TPSA) is 52.6 Å². The van der Waals surface area contributed by atoms with Crippen LogP contribution in [0.3, 0.4) is 0 Å². The Hall–Kier alpha value is -1.40. The van der Waals surface area contributed by atoms with Crippen molar-refractivity contribution in [3.8, 4) is 5.75 Å². The molecule has 0 saturated carbocycles. The number of allylic oxidation sites excluding steroid dienone is 1. The maximum atomic E-state index is 12.6. The lowest BCUT2D eigenvalue weighted by Crippen LogP contribution is -2.49. The molecule has 0 spiro atoms. The van der Waals surface area contributed by atoms with Crippen molar-refractivity contribution in [3.63, 3.8) is 0 Å². The Kier molecular flexibility index (Phi) is 4.73. The number of carbonyl (C=O) groups excluding carboxylic acids is 1. The van der Waals surface area contributed by atoms with E-state index in [-0.39, 0.29) is 17.6 Å². The van der Waals surface area contributed by atoms with Crippen molar-refractivity contribution in [1.82, 2.24) is 10.2 Å². The molecule has 1 heterocycles. The van der Waals surface area contributed by atoms with Crippen molar-refractivity contribution >= 4 is 39.0 Å². The van der Waals surface area contributed by atoms with Crippen LogP contribution in [0.1, 0.15) is 44.2 Å². The molecule has 1 aromatic carbocycles. The summed E-state index contributed by atoms with van der Waals surface area (Å²) in [6.07, 6.45) is 3.33. The van der Waals surface area contributed by atoms with Gasteiger partial charge in [-0.3, -0.25) is 4.79 Å². The fraction of sp³-hybridized carbons (Fsp3) is 0.412. The SMILES string of the molecule is CCCN1C(=S)NC(c2ccc(O)c(Br)c2)C2=C1CCCC2=O. The predicted molar refractivity (Wildman–Crippen MR) is 97.2 cm³/mol. The summed E-state index contributed by atoms with van der Waals surface area (Å²) in [6, 6.07) is 5.08. The van der Waals surface area contributed by atoms with Crippen molar-refractivity contribution in [1.29, 1.82) is 0 Å². The Morgan fingerprint density at radius 1 is 1.43 bits per heavy atom. The van der Waals surface area contributed by atoms with Gasteiger partial charge in [0.05, 0.1) is 10.5 Å². The minimum atomic E-state index is -0.240. The smallest absolute Gasteiger partial charge is 0.173 e. The van der Waals surface area contributed by atoms with E-state index in [0.29, 0.717) is 16.0 Å². The fourth-order valence-corrected chi connectivity index (χ4v) is 3.98. The van der Waals surface area contributed by atoms with Crippen LogP contribution in [0.5, 0.6) is 5.75 Å². The summed E-state index contributed by atoms with van der Waals surface area (Å²) in [6.45, 7) is 2.93. The number of nitrogens with zero attached hydrogens (tertiary/aromatic N) is 1. The molecular formula is C17H19BrN2O2S. The summed E-state index contributed by atoms with van der Waals surface area (Å²) < 4.78 is 0.615. The molecule has 0 fully saturated rings. The quantitative estimate of drug-likeness (QED) is 0.763. The first-order chi connectivity index (χ1) is 11.0. The lowest BCUT2D eigenvalue weighted by Gasteiger charge is -2.41. The average Bonchev–Trinajstić information content (AvgIpc) is 2.53. The molecule has 0 aromatic heterocycles. The molecule has 0 radical (unpaired) electrons. The van der Waals surface area contributed by atoms with Gasteiger partial charge in [-0.05, 0) is 65.1 Å². The van der Waals surface area contributed by atoms with Gasteiger partial charge in [-0.25, -0.2) is 0 Å². The lowest BCUT2D eigenvalue weighted by molar-refractivity contribution is -0.116. The van der Waals surface area contributed by atoms with E-state index in [2.05, 4.69) is 33.1 Å². The van der Waals surface area contributed by atoms with Gasteiger partial charge in [-0.15, -0.1) is 0 Å². The van der Waals surface area contributed by atoms with Crippen LogP contribution in [0, 0.1) is 0 Å². The molecule has 1 aliphatic heterocycles. The van der Waals surface area contributed by atoms with Crippen molar-refractivity contribution in [3.05, 3.63) is 39.5 Å². The van der Waals surface area contributed by atoms with E-state index in [9.17, 15) is 9.90 Å². The number of carbonyl (C=O) groups is 1. The molecule has 2 N–H and O–H groups in total. The summed E-state index contributed by atoms with van der Waals surface area (Å²) in [5.41, 5.74) is 2.83. The molecule has 23 heavy (non-hydrogen) atoms. The van der Waals surface area contributed by atoms with Gasteiger partial charge < -0.3 is 15.3 Å². The molecule has 4 nitrogen and oxygen atoms in total. The normalized spacial score (nSPS) is 21.3. The number of aromatic hydroxyl groups is 1. The molecule has 1 unspecified atom stereocenters. The second-order valence-electron chi connectivity index (χ2n) is 5.88. The molecule has 0 bridgehead atoms. The maximum Gasteiger partial charge on any atom is 0.173 e. The first-order valence-corrected chi connectivity index (χ1v) is 9.05. The zero-order valence-electron chi connectivity index (χ0n) is 12.9. The largest absolute Gasteiger partial charge is 0.507 e. The highest BCUT2D eigenvalue weighted by atomic mass is 79.9. The molecule has 1 aliphatic carbocycles. The Labute approximate surface area is 149 Å². The van der Waals surface area contributed by atoms with Crippen LogP contribution in [-0.4, -0.2) is 27.4 Å². The van der Waals surface area contributed by atoms with Crippen LogP contribution in [0.25, 0.3) is 0 Å². The van der Waals surface area contributed by atoms with E-state index in [1.807, 2.05) is 12.1 Å². The highest BCUT2D eigenvalue weighted by Gasteiger charge is 2.36.